The van der Waals surface area contributed by atoms with Crippen LogP contribution < -0.4 is 0 Å². The fourth-order valence-electron chi connectivity index (χ4n) is 7.88. The molecule has 6 heteroatoms. The minimum Gasteiger partial charge on any atom is -0.462 e. The molecule has 0 bridgehead atoms. The number of carbonyl (C=O) groups excluding carboxylic acids is 3. The quantitative estimate of drug-likeness (QED) is 0.0262. The van der Waals surface area contributed by atoms with E-state index < -0.39 is 6.10 Å². The van der Waals surface area contributed by atoms with Gasteiger partial charge in [0.1, 0.15) is 13.2 Å². The van der Waals surface area contributed by atoms with Crippen molar-refractivity contribution >= 4 is 17.9 Å². The van der Waals surface area contributed by atoms with Crippen LogP contribution in [0.3, 0.4) is 0 Å². The van der Waals surface area contributed by atoms with E-state index in [1.54, 1.807) is 0 Å². The molecule has 0 aliphatic carbocycles. The van der Waals surface area contributed by atoms with E-state index in [-0.39, 0.29) is 37.5 Å². The van der Waals surface area contributed by atoms with Gasteiger partial charge in [-0.25, -0.2) is 0 Å². The fraction of sp³-hybridized carbons (Fsp3) is 0.726. The molecule has 6 nitrogen and oxygen atoms in total. The van der Waals surface area contributed by atoms with Crippen molar-refractivity contribution in [3.63, 3.8) is 0 Å². The molecule has 0 saturated carbocycles. The molecule has 1 unspecified atom stereocenters. The standard InChI is InChI=1S/C62H106O6/c1-4-7-10-13-16-19-22-25-27-29-31-33-34-37-40-43-46-49-52-55-61(64)67-58-59(57-66-60(63)54-51-48-45-42-39-36-24-21-18-15-12-9-6-3)68-62(65)56-53-50-47-44-41-38-35-32-30-28-26-23-20-17-14-11-8-5-2/h7,10,16,19,21,24-25,27,31,33,37,40,46,49,59H,4-6,8-9,11-15,17-18,20,22-23,26,28-30,32,34-36,38-39,41-45,47-48,50-58H2,1-3H3/b10-7-,19-16-,24-21-,27-25-,33-31-,40-37-,49-46-. The molecular weight excluding hydrogens is 841 g/mol. The maximum Gasteiger partial charge on any atom is 0.306 e. The Morgan fingerprint density at radius 1 is 0.309 bits per heavy atom. The van der Waals surface area contributed by atoms with Crippen LogP contribution in [0.5, 0.6) is 0 Å². The summed E-state index contributed by atoms with van der Waals surface area (Å²) in [5.41, 5.74) is 0. The largest absolute Gasteiger partial charge is 0.462 e. The molecule has 390 valence electrons. The van der Waals surface area contributed by atoms with Gasteiger partial charge < -0.3 is 14.2 Å². The minimum absolute atomic E-state index is 0.102. The summed E-state index contributed by atoms with van der Waals surface area (Å²) in [6.07, 6.45) is 73.0. The van der Waals surface area contributed by atoms with Crippen molar-refractivity contribution in [1.29, 1.82) is 0 Å². The molecule has 0 aromatic rings. The Bertz CT molecular complexity index is 1320. The maximum absolute atomic E-state index is 12.9. The SMILES string of the molecule is CC/C=C\C/C=C\C/C=C\C/C=C\C/C=C\C/C=C\CCC(=O)OCC(COC(=O)CCCCCCC/C=C\CCCCCC)OC(=O)CCCCCCCCCCCCCCCCCCCC. The van der Waals surface area contributed by atoms with Gasteiger partial charge in [0.25, 0.3) is 0 Å². The number of allylic oxidation sites excluding steroid dienone is 14. The minimum atomic E-state index is -0.809. The van der Waals surface area contributed by atoms with Gasteiger partial charge in [-0.3, -0.25) is 14.4 Å². The molecule has 0 N–H and O–H groups in total. The van der Waals surface area contributed by atoms with Crippen molar-refractivity contribution in [2.45, 2.75) is 277 Å². The average molecular weight is 948 g/mol. The summed E-state index contributed by atoms with van der Waals surface area (Å²) in [4.78, 5) is 38.1. The van der Waals surface area contributed by atoms with Crippen molar-refractivity contribution in [2.24, 2.45) is 0 Å². The first-order valence-corrected chi connectivity index (χ1v) is 28.6. The summed E-state index contributed by atoms with van der Waals surface area (Å²) in [6, 6.07) is 0. The van der Waals surface area contributed by atoms with Crippen LogP contribution in [-0.2, 0) is 28.6 Å². The Morgan fingerprint density at radius 2 is 0.603 bits per heavy atom. The van der Waals surface area contributed by atoms with Crippen LogP contribution in [0.2, 0.25) is 0 Å². The van der Waals surface area contributed by atoms with Crippen molar-refractivity contribution in [3.05, 3.63) is 85.1 Å². The van der Waals surface area contributed by atoms with Crippen LogP contribution in [-0.4, -0.2) is 37.2 Å². The zero-order valence-electron chi connectivity index (χ0n) is 44.6. The van der Waals surface area contributed by atoms with Gasteiger partial charge in [-0.2, -0.15) is 0 Å². The normalized spacial score (nSPS) is 12.7. The highest BCUT2D eigenvalue weighted by molar-refractivity contribution is 5.71. The topological polar surface area (TPSA) is 78.9 Å². The summed E-state index contributed by atoms with van der Waals surface area (Å²) < 4.78 is 16.8. The van der Waals surface area contributed by atoms with Gasteiger partial charge in [0.05, 0.1) is 0 Å². The molecule has 0 rings (SSSR count). The number of unbranched alkanes of at least 4 members (excludes halogenated alkanes) is 26. The molecule has 0 fully saturated rings. The lowest BCUT2D eigenvalue weighted by Gasteiger charge is -2.18. The van der Waals surface area contributed by atoms with E-state index in [2.05, 4.69) is 99.8 Å². The lowest BCUT2D eigenvalue weighted by atomic mass is 10.0. The van der Waals surface area contributed by atoms with Crippen LogP contribution >= 0.6 is 0 Å². The van der Waals surface area contributed by atoms with Crippen molar-refractivity contribution in [3.8, 4) is 0 Å². The number of esters is 3. The average Bonchev–Trinajstić information content (AvgIpc) is 3.34. The van der Waals surface area contributed by atoms with Crippen molar-refractivity contribution in [2.75, 3.05) is 13.2 Å². The van der Waals surface area contributed by atoms with E-state index in [9.17, 15) is 14.4 Å². The van der Waals surface area contributed by atoms with E-state index >= 15 is 0 Å². The zero-order valence-corrected chi connectivity index (χ0v) is 44.6. The third kappa shape index (κ3) is 53.5. The lowest BCUT2D eigenvalue weighted by Crippen LogP contribution is -2.30. The third-order valence-corrected chi connectivity index (χ3v) is 12.1. The number of rotatable bonds is 51. The molecule has 0 saturated heterocycles. The van der Waals surface area contributed by atoms with Crippen molar-refractivity contribution < 1.29 is 28.6 Å². The highest BCUT2D eigenvalue weighted by Gasteiger charge is 2.19. The van der Waals surface area contributed by atoms with E-state index in [4.69, 9.17) is 14.2 Å². The van der Waals surface area contributed by atoms with Gasteiger partial charge in [0.15, 0.2) is 6.10 Å². The summed E-state index contributed by atoms with van der Waals surface area (Å²) in [5.74, 6) is -0.990. The molecule has 0 aliphatic heterocycles. The maximum atomic E-state index is 12.9. The lowest BCUT2D eigenvalue weighted by molar-refractivity contribution is -0.166. The van der Waals surface area contributed by atoms with E-state index in [1.807, 2.05) is 6.08 Å². The van der Waals surface area contributed by atoms with Gasteiger partial charge in [-0.05, 0) is 83.5 Å². The molecule has 1 atom stereocenters. The first-order valence-electron chi connectivity index (χ1n) is 28.6. The van der Waals surface area contributed by atoms with Gasteiger partial charge in [0.2, 0.25) is 0 Å². The fourth-order valence-corrected chi connectivity index (χ4v) is 7.88. The Hall–Kier alpha value is -3.41. The first kappa shape index (κ1) is 64.6. The monoisotopic (exact) mass is 947 g/mol. The van der Waals surface area contributed by atoms with Crippen LogP contribution in [0.4, 0.5) is 0 Å². The van der Waals surface area contributed by atoms with Gasteiger partial charge in [0, 0.05) is 19.3 Å². The smallest absolute Gasteiger partial charge is 0.306 e. The Kier molecular flexibility index (Phi) is 53.4. The Balaban J connectivity index is 4.47. The number of carbonyl (C=O) groups is 3. The third-order valence-electron chi connectivity index (χ3n) is 12.1. The molecule has 0 aromatic heterocycles. The predicted molar refractivity (Wildman–Crippen MR) is 293 cm³/mol. The summed E-state index contributed by atoms with van der Waals surface area (Å²) in [5, 5.41) is 0. The molecule has 68 heavy (non-hydrogen) atoms. The number of hydrogen-bond acceptors (Lipinski definition) is 6. The van der Waals surface area contributed by atoms with Gasteiger partial charge >= 0.3 is 17.9 Å². The Morgan fingerprint density at radius 3 is 1.00 bits per heavy atom. The molecule has 0 spiro atoms. The molecular formula is C62H106O6. The highest BCUT2D eigenvalue weighted by atomic mass is 16.6. The van der Waals surface area contributed by atoms with E-state index in [1.165, 1.54) is 135 Å². The zero-order chi connectivity index (χ0) is 49.3. The Labute approximate surface area is 420 Å². The second-order valence-electron chi connectivity index (χ2n) is 18.8. The molecule has 0 amide bonds. The molecule has 0 heterocycles. The molecule has 0 radical (unpaired) electrons. The highest BCUT2D eigenvalue weighted by Crippen LogP contribution is 2.16. The van der Waals surface area contributed by atoms with E-state index in [0.29, 0.717) is 19.3 Å². The summed E-state index contributed by atoms with van der Waals surface area (Å²) in [6.45, 7) is 6.46. The number of ether oxygens (including phenoxy) is 3. The first-order chi connectivity index (χ1) is 33.5. The van der Waals surface area contributed by atoms with Crippen LogP contribution in [0, 0.1) is 0 Å². The van der Waals surface area contributed by atoms with Crippen LogP contribution in [0.25, 0.3) is 0 Å². The summed E-state index contributed by atoms with van der Waals surface area (Å²) in [7, 11) is 0. The summed E-state index contributed by atoms with van der Waals surface area (Å²) >= 11 is 0. The van der Waals surface area contributed by atoms with Gasteiger partial charge in [-0.15, -0.1) is 0 Å². The van der Waals surface area contributed by atoms with Crippen LogP contribution in [0.15, 0.2) is 85.1 Å². The van der Waals surface area contributed by atoms with Crippen molar-refractivity contribution in [1.82, 2.24) is 0 Å². The van der Waals surface area contributed by atoms with Gasteiger partial charge in [-0.1, -0.05) is 254 Å². The number of hydrogen-bond donors (Lipinski definition) is 0. The predicted octanol–water partition coefficient (Wildman–Crippen LogP) is 19.2. The second-order valence-corrected chi connectivity index (χ2v) is 18.8. The second kappa shape index (κ2) is 56.2. The van der Waals surface area contributed by atoms with Crippen LogP contribution in [0.1, 0.15) is 271 Å². The molecule has 0 aliphatic rings. The molecule has 0 aromatic carbocycles. The van der Waals surface area contributed by atoms with E-state index in [0.717, 1.165) is 89.9 Å².